The minimum absolute atomic E-state index is 0.0378. The summed E-state index contributed by atoms with van der Waals surface area (Å²) in [5.41, 5.74) is 1.34. The number of alkyl halides is 3. The van der Waals surface area contributed by atoms with Crippen LogP contribution in [0.25, 0.3) is 5.69 Å². The first-order valence-electron chi connectivity index (χ1n) is 10.2. The number of thioether (sulfide) groups is 1. The lowest BCUT2D eigenvalue weighted by Gasteiger charge is -2.19. The van der Waals surface area contributed by atoms with E-state index in [1.165, 1.54) is 16.8 Å². The summed E-state index contributed by atoms with van der Waals surface area (Å²) in [5, 5.41) is 14.2. The Labute approximate surface area is 197 Å². The predicted octanol–water partition coefficient (Wildman–Crippen LogP) is 3.77. The number of benzene rings is 2. The summed E-state index contributed by atoms with van der Waals surface area (Å²) in [6.45, 7) is 4.94. The first kappa shape index (κ1) is 25.0. The molecule has 0 bridgehead atoms. The molecule has 0 saturated carbocycles. The third kappa shape index (κ3) is 6.70. The molecule has 9 nitrogen and oxygen atoms in total. The summed E-state index contributed by atoms with van der Waals surface area (Å²) in [5.74, 6) is -0.883. The van der Waals surface area contributed by atoms with E-state index < -0.39 is 6.36 Å². The fourth-order valence-corrected chi connectivity index (χ4v) is 3.66. The predicted molar refractivity (Wildman–Crippen MR) is 119 cm³/mol. The highest BCUT2D eigenvalue weighted by Crippen LogP contribution is 2.25. The number of hydrogen-bond donors (Lipinski definition) is 1. The number of tetrazole rings is 1. The van der Waals surface area contributed by atoms with Gasteiger partial charge in [-0.25, -0.2) is 0 Å². The third-order valence-corrected chi connectivity index (χ3v) is 5.45. The number of rotatable bonds is 9. The Morgan fingerprint density at radius 2 is 1.82 bits per heavy atom. The normalized spacial score (nSPS) is 11.2. The van der Waals surface area contributed by atoms with Gasteiger partial charge in [-0.1, -0.05) is 17.8 Å². The largest absolute Gasteiger partial charge is 0.573 e. The van der Waals surface area contributed by atoms with Gasteiger partial charge in [-0.05, 0) is 66.7 Å². The van der Waals surface area contributed by atoms with E-state index in [1.807, 2.05) is 13.8 Å². The first-order chi connectivity index (χ1) is 16.2. The van der Waals surface area contributed by atoms with Crippen molar-refractivity contribution in [2.24, 2.45) is 0 Å². The lowest BCUT2D eigenvalue weighted by atomic mass is 10.1. The Balaban J connectivity index is 1.61. The molecule has 0 aliphatic carbocycles. The number of amides is 2. The monoisotopic (exact) mass is 494 g/mol. The number of aromatic nitrogens is 4. The van der Waals surface area contributed by atoms with Crippen LogP contribution in [0.1, 0.15) is 24.2 Å². The molecule has 0 aliphatic heterocycles. The number of nitrogens with zero attached hydrogens (tertiary/aromatic N) is 5. The van der Waals surface area contributed by atoms with E-state index in [2.05, 4.69) is 25.6 Å². The average molecular weight is 494 g/mol. The molecular weight excluding hydrogens is 473 g/mol. The van der Waals surface area contributed by atoms with E-state index in [0.29, 0.717) is 30.0 Å². The van der Waals surface area contributed by atoms with Gasteiger partial charge in [0.1, 0.15) is 5.75 Å². The number of carbonyl (C=O) groups excluding carboxylic acids is 2. The summed E-state index contributed by atoms with van der Waals surface area (Å²) < 4.78 is 42.1. The highest BCUT2D eigenvalue weighted by atomic mass is 32.2. The van der Waals surface area contributed by atoms with Gasteiger partial charge >= 0.3 is 6.36 Å². The van der Waals surface area contributed by atoms with E-state index in [1.54, 1.807) is 29.2 Å². The van der Waals surface area contributed by atoms with E-state index in [-0.39, 0.29) is 28.5 Å². The molecule has 1 aromatic heterocycles. The van der Waals surface area contributed by atoms with Crippen molar-refractivity contribution < 1.29 is 27.5 Å². The second kappa shape index (κ2) is 11.0. The van der Waals surface area contributed by atoms with Crippen LogP contribution >= 0.6 is 11.8 Å². The van der Waals surface area contributed by atoms with E-state index in [9.17, 15) is 22.8 Å². The zero-order valence-corrected chi connectivity index (χ0v) is 19.1. The van der Waals surface area contributed by atoms with Crippen molar-refractivity contribution in [1.29, 1.82) is 0 Å². The molecule has 180 valence electrons. The smallest absolute Gasteiger partial charge is 0.406 e. The molecule has 0 saturated heterocycles. The van der Waals surface area contributed by atoms with Gasteiger partial charge in [0.15, 0.2) is 0 Å². The van der Waals surface area contributed by atoms with Crippen LogP contribution in [0.3, 0.4) is 0 Å². The Hall–Kier alpha value is -3.61. The van der Waals surface area contributed by atoms with Crippen molar-refractivity contribution in [3.63, 3.8) is 0 Å². The van der Waals surface area contributed by atoms with Crippen LogP contribution in [-0.4, -0.2) is 62.1 Å². The molecule has 2 aromatic carbocycles. The van der Waals surface area contributed by atoms with Crippen LogP contribution in [0.2, 0.25) is 0 Å². The summed E-state index contributed by atoms with van der Waals surface area (Å²) in [6.07, 6.45) is -4.79. The summed E-state index contributed by atoms with van der Waals surface area (Å²) >= 11 is 1.04. The summed E-state index contributed by atoms with van der Waals surface area (Å²) in [7, 11) is 0. The van der Waals surface area contributed by atoms with Crippen molar-refractivity contribution in [3.8, 4) is 11.4 Å². The molecule has 0 atom stereocenters. The number of ether oxygens (including phenoxy) is 1. The van der Waals surface area contributed by atoms with Gasteiger partial charge in [0.2, 0.25) is 11.1 Å². The van der Waals surface area contributed by atoms with Crippen LogP contribution in [0.4, 0.5) is 18.9 Å². The molecule has 34 heavy (non-hydrogen) atoms. The molecule has 0 aliphatic rings. The Morgan fingerprint density at radius 3 is 2.47 bits per heavy atom. The lowest BCUT2D eigenvalue weighted by molar-refractivity contribution is -0.274. The van der Waals surface area contributed by atoms with Crippen molar-refractivity contribution in [3.05, 3.63) is 54.1 Å². The molecule has 3 rings (SSSR count). The maximum atomic E-state index is 12.5. The maximum Gasteiger partial charge on any atom is 0.573 e. The number of nitrogens with one attached hydrogen (secondary N) is 1. The third-order valence-electron chi connectivity index (χ3n) is 4.53. The van der Waals surface area contributed by atoms with Crippen molar-refractivity contribution in [2.45, 2.75) is 25.4 Å². The zero-order valence-electron chi connectivity index (χ0n) is 18.2. The number of carbonyl (C=O) groups is 2. The topological polar surface area (TPSA) is 102 Å². The van der Waals surface area contributed by atoms with E-state index >= 15 is 0 Å². The van der Waals surface area contributed by atoms with Crippen LogP contribution in [0.15, 0.2) is 53.7 Å². The first-order valence-corrected chi connectivity index (χ1v) is 11.1. The number of anilines is 1. The van der Waals surface area contributed by atoms with Crippen LogP contribution in [0, 0.1) is 0 Å². The maximum absolute atomic E-state index is 12.5. The van der Waals surface area contributed by atoms with Gasteiger partial charge in [0.05, 0.1) is 11.4 Å². The van der Waals surface area contributed by atoms with Gasteiger partial charge in [0, 0.05) is 24.3 Å². The van der Waals surface area contributed by atoms with Gasteiger partial charge in [-0.3, -0.25) is 9.59 Å². The van der Waals surface area contributed by atoms with Crippen LogP contribution in [-0.2, 0) is 4.79 Å². The molecule has 0 fully saturated rings. The zero-order chi connectivity index (χ0) is 24.7. The average Bonchev–Trinajstić information content (AvgIpc) is 3.27. The van der Waals surface area contributed by atoms with Gasteiger partial charge < -0.3 is 15.0 Å². The highest BCUT2D eigenvalue weighted by Gasteiger charge is 2.31. The second-order valence-corrected chi connectivity index (χ2v) is 7.75. The fourth-order valence-electron chi connectivity index (χ4n) is 2.97. The van der Waals surface area contributed by atoms with Gasteiger partial charge in [0.25, 0.3) is 5.91 Å². The van der Waals surface area contributed by atoms with Gasteiger partial charge in [-0.2, -0.15) is 4.68 Å². The minimum atomic E-state index is -4.79. The standard InChI is InChI=1S/C21H21F3N6O3S/c1-3-29(4-2)19(32)14-6-5-7-15(12-14)25-18(31)13-34-20-26-27-28-30(20)16-8-10-17(11-9-16)33-21(22,23)24/h5-12H,3-4,13H2,1-2H3,(H,25,31). The molecule has 2 amide bonds. The highest BCUT2D eigenvalue weighted by molar-refractivity contribution is 7.99. The number of halogens is 3. The Bertz CT molecular complexity index is 1130. The lowest BCUT2D eigenvalue weighted by Crippen LogP contribution is -2.30. The van der Waals surface area contributed by atoms with E-state index in [4.69, 9.17) is 0 Å². The molecule has 13 heteroatoms. The Morgan fingerprint density at radius 1 is 1.12 bits per heavy atom. The van der Waals surface area contributed by atoms with Crippen LogP contribution in [0.5, 0.6) is 5.75 Å². The minimum Gasteiger partial charge on any atom is -0.406 e. The SMILES string of the molecule is CCN(CC)C(=O)c1cccc(NC(=O)CSc2nnnn2-c2ccc(OC(F)(F)F)cc2)c1. The fraction of sp³-hybridized carbons (Fsp3) is 0.286. The molecule has 3 aromatic rings. The molecule has 0 radical (unpaired) electrons. The van der Waals surface area contributed by atoms with Crippen molar-refractivity contribution >= 4 is 29.3 Å². The second-order valence-electron chi connectivity index (χ2n) is 6.81. The molecule has 1 N–H and O–H groups in total. The molecule has 1 heterocycles. The van der Waals surface area contributed by atoms with Gasteiger partial charge in [-0.15, -0.1) is 18.3 Å². The quantitative estimate of drug-likeness (QED) is 0.452. The van der Waals surface area contributed by atoms with Crippen molar-refractivity contribution in [2.75, 3.05) is 24.2 Å². The molecule has 0 spiro atoms. The Kier molecular flexibility index (Phi) is 8.10. The van der Waals surface area contributed by atoms with Crippen molar-refractivity contribution in [1.82, 2.24) is 25.1 Å². The number of hydrogen-bond acceptors (Lipinski definition) is 7. The summed E-state index contributed by atoms with van der Waals surface area (Å²) in [4.78, 5) is 26.6. The molecule has 0 unspecified atom stereocenters. The van der Waals surface area contributed by atoms with E-state index in [0.717, 1.165) is 23.9 Å². The van der Waals surface area contributed by atoms with Crippen LogP contribution < -0.4 is 10.1 Å². The summed E-state index contributed by atoms with van der Waals surface area (Å²) in [6, 6.07) is 11.7. The molecular formula is C21H21F3N6O3S.